The zero-order valence-electron chi connectivity index (χ0n) is 9.19. The highest BCUT2D eigenvalue weighted by Crippen LogP contribution is 2.30. The molecule has 0 fully saturated rings. The molecule has 0 aliphatic heterocycles. The standard InChI is InChI=1S/C14H14N2/c1-11-6-5-9-14-13(11)10-15-16(14)12-7-3-2-4-8-12/h2-4,7-8,10H,1,5-6,9H2. The number of para-hydroxylation sites is 1. The summed E-state index contributed by atoms with van der Waals surface area (Å²) in [7, 11) is 0. The van der Waals surface area contributed by atoms with E-state index in [0.717, 1.165) is 18.5 Å². The third-order valence-electron chi connectivity index (χ3n) is 3.14. The molecule has 1 aliphatic rings. The first kappa shape index (κ1) is 9.40. The number of hydrogen-bond acceptors (Lipinski definition) is 1. The molecule has 1 aromatic carbocycles. The fraction of sp³-hybridized carbons (Fsp3) is 0.214. The molecule has 0 radical (unpaired) electrons. The van der Waals surface area contributed by atoms with Gasteiger partial charge < -0.3 is 0 Å². The van der Waals surface area contributed by atoms with Crippen molar-refractivity contribution in [2.24, 2.45) is 0 Å². The van der Waals surface area contributed by atoms with Crippen molar-refractivity contribution >= 4 is 5.57 Å². The van der Waals surface area contributed by atoms with Crippen molar-refractivity contribution < 1.29 is 0 Å². The van der Waals surface area contributed by atoms with Gasteiger partial charge in [-0.25, -0.2) is 4.68 Å². The van der Waals surface area contributed by atoms with E-state index in [2.05, 4.69) is 23.8 Å². The predicted octanol–water partition coefficient (Wildman–Crippen LogP) is 3.22. The van der Waals surface area contributed by atoms with Crippen LogP contribution < -0.4 is 0 Å². The van der Waals surface area contributed by atoms with Gasteiger partial charge in [0, 0.05) is 5.56 Å². The molecule has 0 saturated carbocycles. The highest BCUT2D eigenvalue weighted by molar-refractivity contribution is 5.67. The SMILES string of the molecule is C=C1CCCc2c1cnn2-c1ccccc1. The summed E-state index contributed by atoms with van der Waals surface area (Å²) in [6.07, 6.45) is 5.34. The van der Waals surface area contributed by atoms with Gasteiger partial charge in [0.05, 0.1) is 17.6 Å². The third-order valence-corrected chi connectivity index (χ3v) is 3.14. The summed E-state index contributed by atoms with van der Waals surface area (Å²) in [4.78, 5) is 0. The van der Waals surface area contributed by atoms with Crippen molar-refractivity contribution in [3.05, 3.63) is 54.4 Å². The van der Waals surface area contributed by atoms with E-state index >= 15 is 0 Å². The molecule has 0 saturated heterocycles. The Morgan fingerprint density at radius 2 is 1.94 bits per heavy atom. The summed E-state index contributed by atoms with van der Waals surface area (Å²) >= 11 is 0. The summed E-state index contributed by atoms with van der Waals surface area (Å²) in [5.74, 6) is 0. The van der Waals surface area contributed by atoms with Gasteiger partial charge in [-0.1, -0.05) is 24.8 Å². The van der Waals surface area contributed by atoms with Gasteiger partial charge in [-0.3, -0.25) is 0 Å². The fourth-order valence-electron chi connectivity index (χ4n) is 2.31. The topological polar surface area (TPSA) is 17.8 Å². The Kier molecular flexibility index (Phi) is 2.13. The average Bonchev–Trinajstić information content (AvgIpc) is 2.75. The van der Waals surface area contributed by atoms with Crippen LogP contribution in [-0.4, -0.2) is 9.78 Å². The molecule has 2 heteroatoms. The predicted molar refractivity (Wildman–Crippen MR) is 65.5 cm³/mol. The molecule has 1 aliphatic carbocycles. The van der Waals surface area contributed by atoms with Crippen LogP contribution in [0.4, 0.5) is 0 Å². The molecule has 0 atom stereocenters. The maximum Gasteiger partial charge on any atom is 0.0649 e. The second kappa shape index (κ2) is 3.63. The van der Waals surface area contributed by atoms with E-state index in [0.29, 0.717) is 0 Å². The van der Waals surface area contributed by atoms with Gasteiger partial charge in [-0.05, 0) is 37.0 Å². The van der Waals surface area contributed by atoms with E-state index in [-0.39, 0.29) is 0 Å². The molecular formula is C14H14N2. The molecule has 16 heavy (non-hydrogen) atoms. The van der Waals surface area contributed by atoms with Crippen LogP contribution in [0.3, 0.4) is 0 Å². The van der Waals surface area contributed by atoms with E-state index in [1.165, 1.54) is 23.3 Å². The van der Waals surface area contributed by atoms with Gasteiger partial charge in [-0.15, -0.1) is 0 Å². The molecule has 0 unspecified atom stereocenters. The molecule has 0 spiro atoms. The maximum atomic E-state index is 4.47. The van der Waals surface area contributed by atoms with Crippen molar-refractivity contribution in [2.75, 3.05) is 0 Å². The summed E-state index contributed by atoms with van der Waals surface area (Å²) in [6, 6.07) is 10.3. The van der Waals surface area contributed by atoms with Gasteiger partial charge in [0.15, 0.2) is 0 Å². The van der Waals surface area contributed by atoms with Gasteiger partial charge in [-0.2, -0.15) is 5.10 Å². The van der Waals surface area contributed by atoms with Gasteiger partial charge in [0.2, 0.25) is 0 Å². The van der Waals surface area contributed by atoms with Crippen molar-refractivity contribution in [2.45, 2.75) is 19.3 Å². The first-order chi connectivity index (χ1) is 7.86. The van der Waals surface area contributed by atoms with Crippen molar-refractivity contribution in [3.63, 3.8) is 0 Å². The van der Waals surface area contributed by atoms with E-state index < -0.39 is 0 Å². The smallest absolute Gasteiger partial charge is 0.0649 e. The van der Waals surface area contributed by atoms with Gasteiger partial charge >= 0.3 is 0 Å². The van der Waals surface area contributed by atoms with E-state index in [9.17, 15) is 0 Å². The first-order valence-corrected chi connectivity index (χ1v) is 5.67. The number of rotatable bonds is 1. The molecule has 3 rings (SSSR count). The van der Waals surface area contributed by atoms with E-state index in [1.54, 1.807) is 0 Å². The molecular weight excluding hydrogens is 196 g/mol. The van der Waals surface area contributed by atoms with Crippen molar-refractivity contribution in [1.29, 1.82) is 0 Å². The largest absolute Gasteiger partial charge is 0.237 e. The Labute approximate surface area is 95.2 Å². The third kappa shape index (κ3) is 1.38. The van der Waals surface area contributed by atoms with Gasteiger partial charge in [0.1, 0.15) is 0 Å². The normalized spacial score (nSPS) is 14.9. The lowest BCUT2D eigenvalue weighted by Gasteiger charge is -2.15. The minimum absolute atomic E-state index is 1.10. The fourth-order valence-corrected chi connectivity index (χ4v) is 2.31. The molecule has 2 nitrogen and oxygen atoms in total. The molecule has 0 bridgehead atoms. The lowest BCUT2D eigenvalue weighted by Crippen LogP contribution is -2.06. The molecule has 1 heterocycles. The van der Waals surface area contributed by atoms with Crippen LogP contribution in [0.5, 0.6) is 0 Å². The summed E-state index contributed by atoms with van der Waals surface area (Å²) in [5.41, 5.74) is 4.92. The quantitative estimate of drug-likeness (QED) is 0.706. The molecule has 1 aromatic heterocycles. The molecule has 80 valence electrons. The lowest BCUT2D eigenvalue weighted by molar-refractivity contribution is 0.738. The van der Waals surface area contributed by atoms with Crippen LogP contribution in [-0.2, 0) is 6.42 Å². The summed E-state index contributed by atoms with van der Waals surface area (Å²) in [5, 5.41) is 4.47. The highest BCUT2D eigenvalue weighted by atomic mass is 15.3. The summed E-state index contributed by atoms with van der Waals surface area (Å²) in [6.45, 7) is 4.11. The van der Waals surface area contributed by atoms with E-state index in [1.807, 2.05) is 29.1 Å². The molecule has 0 amide bonds. The number of nitrogens with zero attached hydrogens (tertiary/aromatic N) is 2. The van der Waals surface area contributed by atoms with Crippen LogP contribution in [0.2, 0.25) is 0 Å². The average molecular weight is 210 g/mol. The Balaban J connectivity index is 2.13. The van der Waals surface area contributed by atoms with E-state index in [4.69, 9.17) is 0 Å². The molecule has 0 N–H and O–H groups in total. The van der Waals surface area contributed by atoms with Crippen LogP contribution in [0.1, 0.15) is 24.1 Å². The highest BCUT2D eigenvalue weighted by Gasteiger charge is 2.18. The number of hydrogen-bond donors (Lipinski definition) is 0. The second-order valence-electron chi connectivity index (χ2n) is 4.21. The lowest BCUT2D eigenvalue weighted by atomic mass is 9.94. The zero-order chi connectivity index (χ0) is 11.0. The van der Waals surface area contributed by atoms with Crippen molar-refractivity contribution in [3.8, 4) is 5.69 Å². The Hall–Kier alpha value is -1.83. The number of benzene rings is 1. The Bertz CT molecular complexity index is 523. The zero-order valence-corrected chi connectivity index (χ0v) is 9.19. The Morgan fingerprint density at radius 3 is 2.75 bits per heavy atom. The number of fused-ring (bicyclic) bond motifs is 1. The monoisotopic (exact) mass is 210 g/mol. The van der Waals surface area contributed by atoms with Crippen LogP contribution in [0, 0.1) is 0 Å². The molecule has 2 aromatic rings. The van der Waals surface area contributed by atoms with Crippen LogP contribution in [0.25, 0.3) is 11.3 Å². The number of aromatic nitrogens is 2. The van der Waals surface area contributed by atoms with Crippen LogP contribution >= 0.6 is 0 Å². The van der Waals surface area contributed by atoms with Crippen LogP contribution in [0.15, 0.2) is 43.1 Å². The summed E-state index contributed by atoms with van der Waals surface area (Å²) < 4.78 is 2.04. The maximum absolute atomic E-state index is 4.47. The van der Waals surface area contributed by atoms with Crippen molar-refractivity contribution in [1.82, 2.24) is 9.78 Å². The second-order valence-corrected chi connectivity index (χ2v) is 4.21. The number of allylic oxidation sites excluding steroid dienone is 1. The van der Waals surface area contributed by atoms with Gasteiger partial charge in [0.25, 0.3) is 0 Å². The minimum Gasteiger partial charge on any atom is -0.237 e. The minimum atomic E-state index is 1.10. The first-order valence-electron chi connectivity index (χ1n) is 5.67. The Morgan fingerprint density at radius 1 is 1.12 bits per heavy atom.